The molecule has 0 aliphatic heterocycles. The van der Waals surface area contributed by atoms with Gasteiger partial charge in [-0.15, -0.1) is 0 Å². The zero-order valence-corrected chi connectivity index (χ0v) is 11.9. The van der Waals surface area contributed by atoms with Gasteiger partial charge in [0.1, 0.15) is 23.1 Å². The van der Waals surface area contributed by atoms with Crippen molar-refractivity contribution in [2.75, 3.05) is 0 Å². The molecule has 0 spiro atoms. The second kappa shape index (κ2) is 14.7. The van der Waals surface area contributed by atoms with Crippen molar-refractivity contribution in [1.82, 2.24) is 0 Å². The number of carbonyl (C=O) groups excluding carboxylic acids is 4. The van der Waals surface area contributed by atoms with Crippen molar-refractivity contribution >= 4 is 23.1 Å². The summed E-state index contributed by atoms with van der Waals surface area (Å²) in [6.45, 7) is 5.62. The Bertz CT molecular complexity index is 235. The lowest BCUT2D eigenvalue weighted by molar-refractivity contribution is -0.126. The molecule has 1 rings (SSSR count). The highest BCUT2D eigenvalue weighted by molar-refractivity contribution is 5.97. The van der Waals surface area contributed by atoms with Gasteiger partial charge in [0.05, 0.1) is 12.8 Å². The fraction of sp³-hybridized carbons (Fsp3) is 0.733. The highest BCUT2D eigenvalue weighted by atomic mass is 16.2. The molecule has 0 N–H and O–H groups in total. The summed E-state index contributed by atoms with van der Waals surface area (Å²) in [7, 11) is 0. The number of hydrogen-bond acceptors (Lipinski definition) is 4. The maximum Gasteiger partial charge on any atom is 0.137 e. The van der Waals surface area contributed by atoms with E-state index in [-0.39, 0.29) is 43.4 Å². The first-order chi connectivity index (χ1) is 8.25. The van der Waals surface area contributed by atoms with Gasteiger partial charge in [-0.1, -0.05) is 33.1 Å². The Kier molecular flexibility index (Phi) is 17.7. The van der Waals surface area contributed by atoms with E-state index in [0.717, 1.165) is 0 Å². The molecule has 19 heavy (non-hydrogen) atoms. The molecule has 0 atom stereocenters. The van der Waals surface area contributed by atoms with Crippen LogP contribution in [0.5, 0.6) is 0 Å². The van der Waals surface area contributed by atoms with Gasteiger partial charge in [0.15, 0.2) is 0 Å². The molecular weight excluding hydrogens is 244 g/mol. The quantitative estimate of drug-likeness (QED) is 0.736. The van der Waals surface area contributed by atoms with Gasteiger partial charge in [0.2, 0.25) is 0 Å². The topological polar surface area (TPSA) is 68.3 Å². The van der Waals surface area contributed by atoms with E-state index in [2.05, 4.69) is 0 Å². The van der Waals surface area contributed by atoms with E-state index in [1.165, 1.54) is 53.4 Å². The lowest BCUT2D eigenvalue weighted by Gasteiger charge is -2.05. The Morgan fingerprint density at radius 2 is 0.737 bits per heavy atom. The molecule has 0 heterocycles. The van der Waals surface area contributed by atoms with Crippen LogP contribution < -0.4 is 0 Å². The van der Waals surface area contributed by atoms with E-state index < -0.39 is 0 Å². The van der Waals surface area contributed by atoms with E-state index in [9.17, 15) is 19.2 Å². The predicted octanol–water partition coefficient (Wildman–Crippen LogP) is 3.31. The molecule has 1 fully saturated rings. The first kappa shape index (κ1) is 22.8. The summed E-state index contributed by atoms with van der Waals surface area (Å²) in [6, 6.07) is 0. The smallest absolute Gasteiger partial charge is 0.137 e. The highest BCUT2D eigenvalue weighted by Gasteiger charge is 1.96. The van der Waals surface area contributed by atoms with Crippen LogP contribution in [0.25, 0.3) is 0 Å². The second-order valence-electron chi connectivity index (χ2n) is 4.58. The standard InChI is InChI=1S/2C5H8O2.C4H8.CH4/c2*1-4(6)3-5(2)7;1-2-4-3-1;/h2*3H2,1-2H3;1-4H2;1H4. The molecule has 0 unspecified atom stereocenters. The summed E-state index contributed by atoms with van der Waals surface area (Å²) in [6.07, 6.45) is 6.17. The van der Waals surface area contributed by atoms with Gasteiger partial charge in [-0.2, -0.15) is 0 Å². The highest BCUT2D eigenvalue weighted by Crippen LogP contribution is 2.15. The lowest BCUT2D eigenvalue weighted by Crippen LogP contribution is -1.97. The molecule has 0 amide bonds. The summed E-state index contributed by atoms with van der Waals surface area (Å²) < 4.78 is 0. The van der Waals surface area contributed by atoms with Crippen LogP contribution in [0.1, 0.15) is 73.6 Å². The molecule has 1 aliphatic carbocycles. The number of ketones is 4. The molecule has 1 saturated carbocycles. The normalized spacial score (nSPS) is 11.2. The van der Waals surface area contributed by atoms with Gasteiger partial charge < -0.3 is 0 Å². The van der Waals surface area contributed by atoms with Gasteiger partial charge in [-0.05, 0) is 27.7 Å². The van der Waals surface area contributed by atoms with Crippen LogP contribution >= 0.6 is 0 Å². The van der Waals surface area contributed by atoms with Crippen LogP contribution in [0.4, 0.5) is 0 Å². The zero-order chi connectivity index (χ0) is 14.6. The SMILES string of the molecule is C.C1CCC1.CC(=O)CC(C)=O.CC(=O)CC(C)=O. The molecule has 0 bridgehead atoms. The molecule has 0 saturated heterocycles. The lowest BCUT2D eigenvalue weighted by atomic mass is 10.0. The van der Waals surface area contributed by atoms with Crippen LogP contribution in [0.15, 0.2) is 0 Å². The third-order valence-electron chi connectivity index (χ3n) is 2.00. The van der Waals surface area contributed by atoms with Crippen molar-refractivity contribution in [2.45, 2.75) is 73.6 Å². The fourth-order valence-electron chi connectivity index (χ4n) is 0.951. The number of Topliss-reactive ketones (excluding diaryl/α,β-unsaturated/α-hetero) is 4. The summed E-state index contributed by atoms with van der Waals surface area (Å²) in [5.41, 5.74) is 0. The number of carbonyl (C=O) groups is 4. The van der Waals surface area contributed by atoms with Gasteiger partial charge in [-0.25, -0.2) is 0 Å². The van der Waals surface area contributed by atoms with Crippen LogP contribution in [-0.2, 0) is 19.2 Å². The van der Waals surface area contributed by atoms with Crippen molar-refractivity contribution in [3.05, 3.63) is 0 Å². The largest absolute Gasteiger partial charge is 0.300 e. The molecule has 0 aromatic rings. The number of rotatable bonds is 4. The maximum atomic E-state index is 10.0. The van der Waals surface area contributed by atoms with Crippen molar-refractivity contribution < 1.29 is 19.2 Å². The molecule has 0 aromatic heterocycles. The van der Waals surface area contributed by atoms with Crippen LogP contribution in [0.2, 0.25) is 0 Å². The van der Waals surface area contributed by atoms with E-state index in [4.69, 9.17) is 0 Å². The third kappa shape index (κ3) is 31.5. The summed E-state index contributed by atoms with van der Waals surface area (Å²) in [4.78, 5) is 40.1. The second-order valence-corrected chi connectivity index (χ2v) is 4.58. The van der Waals surface area contributed by atoms with Crippen molar-refractivity contribution in [2.24, 2.45) is 0 Å². The maximum absolute atomic E-state index is 10.0. The van der Waals surface area contributed by atoms with Crippen LogP contribution in [0, 0.1) is 0 Å². The van der Waals surface area contributed by atoms with Crippen molar-refractivity contribution in [3.8, 4) is 0 Å². The minimum atomic E-state index is -0.0625. The molecule has 0 aromatic carbocycles. The van der Waals surface area contributed by atoms with E-state index >= 15 is 0 Å². The Hall–Kier alpha value is -1.32. The van der Waals surface area contributed by atoms with Crippen LogP contribution in [0.3, 0.4) is 0 Å². The van der Waals surface area contributed by atoms with E-state index in [1.807, 2.05) is 0 Å². The first-order valence-electron chi connectivity index (χ1n) is 6.23. The summed E-state index contributed by atoms with van der Waals surface area (Å²) in [5, 5.41) is 0. The summed E-state index contributed by atoms with van der Waals surface area (Å²) in [5.74, 6) is -0.250. The molecule has 1 aliphatic rings. The predicted molar refractivity (Wildman–Crippen MR) is 77.2 cm³/mol. The Balaban J connectivity index is -0.000000203. The Morgan fingerprint density at radius 1 is 0.579 bits per heavy atom. The molecule has 0 radical (unpaired) electrons. The van der Waals surface area contributed by atoms with Gasteiger partial charge >= 0.3 is 0 Å². The average molecular weight is 272 g/mol. The molecule has 112 valence electrons. The molecule has 4 heteroatoms. The Morgan fingerprint density at radius 3 is 0.737 bits per heavy atom. The third-order valence-corrected chi connectivity index (χ3v) is 2.00. The van der Waals surface area contributed by atoms with Crippen molar-refractivity contribution in [3.63, 3.8) is 0 Å². The fourth-order valence-corrected chi connectivity index (χ4v) is 0.951. The number of hydrogen-bond donors (Lipinski definition) is 0. The Labute approximate surface area is 117 Å². The minimum absolute atomic E-state index is 0. The monoisotopic (exact) mass is 272 g/mol. The van der Waals surface area contributed by atoms with E-state index in [1.54, 1.807) is 0 Å². The van der Waals surface area contributed by atoms with Gasteiger partial charge in [-0.3, -0.25) is 19.2 Å². The molecule has 4 nitrogen and oxygen atoms in total. The van der Waals surface area contributed by atoms with Gasteiger partial charge in [0, 0.05) is 0 Å². The average Bonchev–Trinajstić information content (AvgIpc) is 1.93. The zero-order valence-electron chi connectivity index (χ0n) is 11.9. The van der Waals surface area contributed by atoms with E-state index in [0.29, 0.717) is 0 Å². The van der Waals surface area contributed by atoms with Crippen LogP contribution in [-0.4, -0.2) is 23.1 Å². The molecular formula is C15H28O4. The van der Waals surface area contributed by atoms with Crippen molar-refractivity contribution in [1.29, 1.82) is 0 Å². The minimum Gasteiger partial charge on any atom is -0.300 e. The summed E-state index contributed by atoms with van der Waals surface area (Å²) >= 11 is 0. The van der Waals surface area contributed by atoms with Gasteiger partial charge in [0.25, 0.3) is 0 Å². The first-order valence-corrected chi connectivity index (χ1v) is 6.23.